The highest BCUT2D eigenvalue weighted by molar-refractivity contribution is 6.04. The SMILES string of the molecule is O=c1cc(-c2ccc(F)cc2)c2oc(=O)c3ccccc3c2o1. The van der Waals surface area contributed by atoms with E-state index in [-0.39, 0.29) is 11.2 Å². The molecule has 0 N–H and O–H groups in total. The van der Waals surface area contributed by atoms with Gasteiger partial charge in [-0.3, -0.25) is 0 Å². The van der Waals surface area contributed by atoms with Gasteiger partial charge in [-0.05, 0) is 23.8 Å². The van der Waals surface area contributed by atoms with E-state index in [9.17, 15) is 14.0 Å². The molecule has 2 aromatic heterocycles. The minimum atomic E-state index is -0.573. The molecule has 0 aliphatic heterocycles. The number of halogens is 1. The predicted octanol–water partition coefficient (Wildman–Crippen LogP) is 3.71. The Labute approximate surface area is 128 Å². The van der Waals surface area contributed by atoms with Gasteiger partial charge in [-0.15, -0.1) is 0 Å². The van der Waals surface area contributed by atoms with Crippen molar-refractivity contribution in [3.8, 4) is 11.1 Å². The van der Waals surface area contributed by atoms with E-state index >= 15 is 0 Å². The Morgan fingerprint density at radius 1 is 0.783 bits per heavy atom. The molecule has 112 valence electrons. The highest BCUT2D eigenvalue weighted by atomic mass is 19.1. The molecular weight excluding hydrogens is 299 g/mol. The average Bonchev–Trinajstić information content (AvgIpc) is 2.56. The Balaban J connectivity index is 2.19. The van der Waals surface area contributed by atoms with E-state index in [1.807, 2.05) is 0 Å². The lowest BCUT2D eigenvalue weighted by atomic mass is 10.0. The van der Waals surface area contributed by atoms with Gasteiger partial charge in [0.05, 0.1) is 5.39 Å². The van der Waals surface area contributed by atoms with Crippen LogP contribution in [-0.2, 0) is 0 Å². The van der Waals surface area contributed by atoms with Crippen LogP contribution < -0.4 is 11.3 Å². The monoisotopic (exact) mass is 308 g/mol. The van der Waals surface area contributed by atoms with Gasteiger partial charge in [-0.2, -0.15) is 0 Å². The van der Waals surface area contributed by atoms with Gasteiger partial charge < -0.3 is 8.83 Å². The maximum absolute atomic E-state index is 13.1. The van der Waals surface area contributed by atoms with Crippen molar-refractivity contribution < 1.29 is 13.2 Å². The normalized spacial score (nSPS) is 11.2. The number of hydrogen-bond acceptors (Lipinski definition) is 4. The zero-order valence-electron chi connectivity index (χ0n) is 11.7. The van der Waals surface area contributed by atoms with E-state index in [4.69, 9.17) is 8.83 Å². The molecule has 0 radical (unpaired) electrons. The van der Waals surface area contributed by atoms with Gasteiger partial charge in [0, 0.05) is 17.0 Å². The van der Waals surface area contributed by atoms with Crippen LogP contribution in [0.15, 0.2) is 73.0 Å². The van der Waals surface area contributed by atoms with Crippen LogP contribution in [0.3, 0.4) is 0 Å². The fourth-order valence-corrected chi connectivity index (χ4v) is 2.61. The third-order valence-corrected chi connectivity index (χ3v) is 3.66. The summed E-state index contributed by atoms with van der Waals surface area (Å²) in [6.45, 7) is 0. The van der Waals surface area contributed by atoms with Crippen molar-refractivity contribution >= 4 is 21.9 Å². The predicted molar refractivity (Wildman–Crippen MR) is 83.9 cm³/mol. The summed E-state index contributed by atoms with van der Waals surface area (Å²) < 4.78 is 23.7. The minimum Gasteiger partial charge on any atom is -0.419 e. The summed E-state index contributed by atoms with van der Waals surface area (Å²) in [5, 5.41) is 0.833. The minimum absolute atomic E-state index is 0.167. The molecule has 4 aromatic rings. The van der Waals surface area contributed by atoms with Gasteiger partial charge in [0.15, 0.2) is 11.2 Å². The summed E-state index contributed by atoms with van der Waals surface area (Å²) in [6, 6.07) is 13.5. The summed E-state index contributed by atoms with van der Waals surface area (Å²) in [7, 11) is 0. The van der Waals surface area contributed by atoms with Crippen molar-refractivity contribution in [3.63, 3.8) is 0 Å². The van der Waals surface area contributed by atoms with Crippen molar-refractivity contribution in [1.29, 1.82) is 0 Å². The van der Waals surface area contributed by atoms with Crippen LogP contribution in [0.2, 0.25) is 0 Å². The van der Waals surface area contributed by atoms with E-state index in [1.54, 1.807) is 24.3 Å². The maximum atomic E-state index is 13.1. The van der Waals surface area contributed by atoms with E-state index in [0.29, 0.717) is 21.9 Å². The van der Waals surface area contributed by atoms with E-state index < -0.39 is 17.1 Å². The van der Waals surface area contributed by atoms with Gasteiger partial charge >= 0.3 is 11.3 Å². The van der Waals surface area contributed by atoms with E-state index in [0.717, 1.165) is 0 Å². The van der Waals surface area contributed by atoms with Crippen LogP contribution >= 0.6 is 0 Å². The van der Waals surface area contributed by atoms with Crippen molar-refractivity contribution in [2.45, 2.75) is 0 Å². The molecule has 0 fully saturated rings. The largest absolute Gasteiger partial charge is 0.419 e. The summed E-state index contributed by atoms with van der Waals surface area (Å²) in [5.41, 5.74) is 0.218. The Bertz CT molecular complexity index is 1150. The lowest BCUT2D eigenvalue weighted by molar-refractivity contribution is 0.524. The first-order valence-electron chi connectivity index (χ1n) is 6.89. The number of fused-ring (bicyclic) bond motifs is 3. The van der Waals surface area contributed by atoms with Gasteiger partial charge in [-0.1, -0.05) is 30.3 Å². The van der Waals surface area contributed by atoms with Crippen LogP contribution in [0.5, 0.6) is 0 Å². The lowest BCUT2D eigenvalue weighted by Gasteiger charge is -2.06. The second-order valence-electron chi connectivity index (χ2n) is 5.08. The lowest BCUT2D eigenvalue weighted by Crippen LogP contribution is -2.04. The topological polar surface area (TPSA) is 60.4 Å². The molecular formula is C18H9FO4. The molecule has 4 nitrogen and oxygen atoms in total. The molecule has 0 amide bonds. The van der Waals surface area contributed by atoms with Gasteiger partial charge in [0.2, 0.25) is 0 Å². The van der Waals surface area contributed by atoms with Crippen LogP contribution in [0, 0.1) is 5.82 Å². The van der Waals surface area contributed by atoms with Gasteiger partial charge in [0.25, 0.3) is 0 Å². The Morgan fingerprint density at radius 3 is 2.22 bits per heavy atom. The number of rotatable bonds is 1. The van der Waals surface area contributed by atoms with Crippen LogP contribution in [0.4, 0.5) is 4.39 Å². The zero-order valence-corrected chi connectivity index (χ0v) is 11.7. The molecule has 0 bridgehead atoms. The molecule has 0 saturated heterocycles. The summed E-state index contributed by atoms with van der Waals surface area (Å²) in [4.78, 5) is 24.1. The van der Waals surface area contributed by atoms with Crippen molar-refractivity contribution in [2.24, 2.45) is 0 Å². The molecule has 2 aromatic carbocycles. The molecule has 23 heavy (non-hydrogen) atoms. The highest BCUT2D eigenvalue weighted by Crippen LogP contribution is 2.30. The highest BCUT2D eigenvalue weighted by Gasteiger charge is 2.15. The quantitative estimate of drug-likeness (QED) is 0.503. The first-order chi connectivity index (χ1) is 11.1. The Kier molecular flexibility index (Phi) is 2.87. The van der Waals surface area contributed by atoms with Crippen molar-refractivity contribution in [1.82, 2.24) is 0 Å². The summed E-state index contributed by atoms with van der Waals surface area (Å²) in [5.74, 6) is -0.395. The smallest absolute Gasteiger partial charge is 0.344 e. The summed E-state index contributed by atoms with van der Waals surface area (Å²) in [6.07, 6.45) is 0. The van der Waals surface area contributed by atoms with Crippen LogP contribution in [0.25, 0.3) is 33.1 Å². The van der Waals surface area contributed by atoms with Crippen molar-refractivity contribution in [3.05, 3.63) is 81.3 Å². The third-order valence-electron chi connectivity index (χ3n) is 3.66. The Hall–Kier alpha value is -3.21. The van der Waals surface area contributed by atoms with Crippen LogP contribution in [-0.4, -0.2) is 0 Å². The fraction of sp³-hybridized carbons (Fsp3) is 0. The molecule has 0 spiro atoms. The summed E-state index contributed by atoms with van der Waals surface area (Å²) >= 11 is 0. The first-order valence-corrected chi connectivity index (χ1v) is 6.89. The molecule has 0 unspecified atom stereocenters. The maximum Gasteiger partial charge on any atom is 0.344 e. The van der Waals surface area contributed by atoms with Crippen molar-refractivity contribution in [2.75, 3.05) is 0 Å². The second kappa shape index (κ2) is 4.91. The first kappa shape index (κ1) is 13.5. The molecule has 0 aliphatic carbocycles. The standard InChI is InChI=1S/C18H9FO4/c19-11-7-5-10(6-8-11)14-9-15(20)22-16-12-3-1-2-4-13(12)18(21)23-17(14)16/h1-9H. The second-order valence-corrected chi connectivity index (χ2v) is 5.08. The fourth-order valence-electron chi connectivity index (χ4n) is 2.61. The molecule has 4 rings (SSSR count). The van der Waals surface area contributed by atoms with E-state index in [1.165, 1.54) is 30.3 Å². The van der Waals surface area contributed by atoms with Gasteiger partial charge in [0.1, 0.15) is 5.82 Å². The molecule has 2 heterocycles. The number of benzene rings is 2. The number of hydrogen-bond donors (Lipinski definition) is 0. The zero-order chi connectivity index (χ0) is 16.0. The third kappa shape index (κ3) is 2.14. The molecule has 0 saturated carbocycles. The van der Waals surface area contributed by atoms with Crippen LogP contribution in [0.1, 0.15) is 0 Å². The average molecular weight is 308 g/mol. The van der Waals surface area contributed by atoms with Gasteiger partial charge in [-0.25, -0.2) is 14.0 Å². The Morgan fingerprint density at radius 2 is 1.48 bits per heavy atom. The molecule has 0 atom stereocenters. The molecule has 5 heteroatoms. The molecule has 0 aliphatic rings. The van der Waals surface area contributed by atoms with E-state index in [2.05, 4.69) is 0 Å².